The number of rotatable bonds is 7. The van der Waals surface area contributed by atoms with Crippen LogP contribution < -0.4 is 11.1 Å². The molecule has 86 valence electrons. The summed E-state index contributed by atoms with van der Waals surface area (Å²) in [6.45, 7) is 10.2. The lowest BCUT2D eigenvalue weighted by atomic mass is 10.0. The highest BCUT2D eigenvalue weighted by Gasteiger charge is 2.17. The minimum Gasteiger partial charge on any atom is -0.379 e. The third-order valence-corrected chi connectivity index (χ3v) is 2.74. The first-order valence-electron chi connectivity index (χ1n) is 5.41. The van der Waals surface area contributed by atoms with Crippen molar-refractivity contribution in [2.45, 2.75) is 45.8 Å². The van der Waals surface area contributed by atoms with Gasteiger partial charge in [0.25, 0.3) is 0 Å². The van der Waals surface area contributed by atoms with Gasteiger partial charge in [-0.05, 0) is 32.7 Å². The van der Waals surface area contributed by atoms with E-state index in [4.69, 9.17) is 10.5 Å². The first-order chi connectivity index (χ1) is 6.43. The second-order valence-corrected chi connectivity index (χ2v) is 4.75. The van der Waals surface area contributed by atoms with Gasteiger partial charge in [0.1, 0.15) is 0 Å². The molecule has 0 spiro atoms. The van der Waals surface area contributed by atoms with Gasteiger partial charge in [0, 0.05) is 19.7 Å². The number of nitrogens with two attached hydrogens (primary N) is 1. The van der Waals surface area contributed by atoms with Crippen molar-refractivity contribution >= 4 is 0 Å². The molecule has 0 heterocycles. The van der Waals surface area contributed by atoms with Crippen molar-refractivity contribution in [2.24, 2.45) is 11.7 Å². The lowest BCUT2D eigenvalue weighted by molar-refractivity contribution is 0.0151. The predicted octanol–water partition coefficient (Wildman–Crippen LogP) is 1.37. The van der Waals surface area contributed by atoms with Crippen LogP contribution in [-0.2, 0) is 4.74 Å². The summed E-state index contributed by atoms with van der Waals surface area (Å²) in [4.78, 5) is 0. The Morgan fingerprint density at radius 2 is 1.93 bits per heavy atom. The number of ether oxygens (including phenoxy) is 1. The molecule has 3 nitrogen and oxygen atoms in total. The Morgan fingerprint density at radius 3 is 2.29 bits per heavy atom. The third kappa shape index (κ3) is 5.58. The maximum atomic E-state index is 5.66. The molecule has 0 aromatic carbocycles. The second kappa shape index (κ2) is 6.38. The van der Waals surface area contributed by atoms with E-state index in [1.165, 1.54) is 0 Å². The number of methoxy groups -OCH3 is 1. The first kappa shape index (κ1) is 13.9. The average Bonchev–Trinajstić information content (AvgIpc) is 2.12. The molecule has 0 radical (unpaired) electrons. The van der Waals surface area contributed by atoms with Crippen molar-refractivity contribution in [3.8, 4) is 0 Å². The van der Waals surface area contributed by atoms with Gasteiger partial charge in [-0.1, -0.05) is 13.8 Å². The molecule has 0 aromatic rings. The van der Waals surface area contributed by atoms with E-state index in [9.17, 15) is 0 Å². The van der Waals surface area contributed by atoms with Crippen LogP contribution in [-0.4, -0.2) is 31.8 Å². The van der Waals surface area contributed by atoms with E-state index < -0.39 is 0 Å². The van der Waals surface area contributed by atoms with Gasteiger partial charge in [-0.2, -0.15) is 0 Å². The molecule has 0 amide bonds. The van der Waals surface area contributed by atoms with Crippen molar-refractivity contribution in [1.82, 2.24) is 5.32 Å². The van der Waals surface area contributed by atoms with Gasteiger partial charge >= 0.3 is 0 Å². The van der Waals surface area contributed by atoms with E-state index >= 15 is 0 Å². The van der Waals surface area contributed by atoms with E-state index in [-0.39, 0.29) is 5.60 Å². The fourth-order valence-corrected chi connectivity index (χ4v) is 1.25. The Morgan fingerprint density at radius 1 is 1.36 bits per heavy atom. The molecular formula is C11H26N2O. The Labute approximate surface area is 88.4 Å². The van der Waals surface area contributed by atoms with Crippen molar-refractivity contribution in [3.63, 3.8) is 0 Å². The van der Waals surface area contributed by atoms with Crippen LogP contribution >= 0.6 is 0 Å². The zero-order chi connectivity index (χ0) is 11.2. The molecule has 14 heavy (non-hydrogen) atoms. The number of hydrogen-bond acceptors (Lipinski definition) is 3. The lowest BCUT2D eigenvalue weighted by Gasteiger charge is -2.26. The summed E-state index contributed by atoms with van der Waals surface area (Å²) < 4.78 is 5.34. The standard InChI is InChI=1S/C11H26N2O/c1-9(2)10(8-12)13-7-6-11(3,4)14-5/h9-10,13H,6-8,12H2,1-5H3. The second-order valence-electron chi connectivity index (χ2n) is 4.75. The van der Waals surface area contributed by atoms with Crippen LogP contribution in [0, 0.1) is 5.92 Å². The van der Waals surface area contributed by atoms with Gasteiger partial charge in [-0.25, -0.2) is 0 Å². The van der Waals surface area contributed by atoms with Crippen LogP contribution in [0.1, 0.15) is 34.1 Å². The molecule has 0 saturated heterocycles. The molecular weight excluding hydrogens is 176 g/mol. The van der Waals surface area contributed by atoms with Crippen LogP contribution in [0.25, 0.3) is 0 Å². The quantitative estimate of drug-likeness (QED) is 0.655. The molecule has 0 bridgehead atoms. The highest BCUT2D eigenvalue weighted by atomic mass is 16.5. The monoisotopic (exact) mass is 202 g/mol. The summed E-state index contributed by atoms with van der Waals surface area (Å²) in [7, 11) is 1.75. The minimum absolute atomic E-state index is 0.0386. The molecule has 0 rings (SSSR count). The van der Waals surface area contributed by atoms with Crippen LogP contribution in [0.4, 0.5) is 0 Å². The first-order valence-corrected chi connectivity index (χ1v) is 5.41. The summed E-state index contributed by atoms with van der Waals surface area (Å²) in [5.74, 6) is 0.589. The molecule has 1 unspecified atom stereocenters. The Bertz CT molecular complexity index is 146. The summed E-state index contributed by atoms with van der Waals surface area (Å²) in [5, 5.41) is 3.45. The lowest BCUT2D eigenvalue weighted by Crippen LogP contribution is -2.42. The highest BCUT2D eigenvalue weighted by Crippen LogP contribution is 2.11. The molecule has 1 atom stereocenters. The normalized spacial score (nSPS) is 14.8. The zero-order valence-electron chi connectivity index (χ0n) is 10.3. The SMILES string of the molecule is COC(C)(C)CCNC(CN)C(C)C. The molecule has 0 aliphatic rings. The van der Waals surface area contributed by atoms with E-state index in [1.807, 2.05) is 0 Å². The summed E-state index contributed by atoms with van der Waals surface area (Å²) in [6.07, 6.45) is 1.01. The molecule has 0 aliphatic heterocycles. The third-order valence-electron chi connectivity index (χ3n) is 2.74. The average molecular weight is 202 g/mol. The maximum absolute atomic E-state index is 5.66. The van der Waals surface area contributed by atoms with Crippen LogP contribution in [0.15, 0.2) is 0 Å². The smallest absolute Gasteiger partial charge is 0.0634 e. The number of nitrogens with one attached hydrogen (secondary N) is 1. The van der Waals surface area contributed by atoms with Gasteiger partial charge in [0.05, 0.1) is 5.60 Å². The topological polar surface area (TPSA) is 47.3 Å². The van der Waals surface area contributed by atoms with E-state index in [1.54, 1.807) is 7.11 Å². The van der Waals surface area contributed by atoms with Crippen LogP contribution in [0.2, 0.25) is 0 Å². The van der Waals surface area contributed by atoms with Crippen molar-refractivity contribution in [1.29, 1.82) is 0 Å². The van der Waals surface area contributed by atoms with E-state index in [0.29, 0.717) is 18.5 Å². The summed E-state index contributed by atoms with van der Waals surface area (Å²) in [6, 6.07) is 0.419. The summed E-state index contributed by atoms with van der Waals surface area (Å²) in [5.41, 5.74) is 5.62. The van der Waals surface area contributed by atoms with Crippen molar-refractivity contribution in [2.75, 3.05) is 20.2 Å². The van der Waals surface area contributed by atoms with Gasteiger partial charge < -0.3 is 15.8 Å². The van der Waals surface area contributed by atoms with Gasteiger partial charge in [-0.3, -0.25) is 0 Å². The molecule has 0 aliphatic carbocycles. The Kier molecular flexibility index (Phi) is 6.33. The van der Waals surface area contributed by atoms with Crippen LogP contribution in [0.3, 0.4) is 0 Å². The summed E-state index contributed by atoms with van der Waals surface area (Å²) >= 11 is 0. The predicted molar refractivity (Wildman–Crippen MR) is 61.4 cm³/mol. The molecule has 0 saturated carbocycles. The minimum atomic E-state index is -0.0386. The van der Waals surface area contributed by atoms with Gasteiger partial charge in [-0.15, -0.1) is 0 Å². The van der Waals surface area contributed by atoms with Gasteiger partial charge in [0.15, 0.2) is 0 Å². The van der Waals surface area contributed by atoms with Gasteiger partial charge in [0.2, 0.25) is 0 Å². The maximum Gasteiger partial charge on any atom is 0.0634 e. The fourth-order valence-electron chi connectivity index (χ4n) is 1.25. The highest BCUT2D eigenvalue weighted by molar-refractivity contribution is 4.74. The molecule has 3 heteroatoms. The molecule has 0 fully saturated rings. The molecule has 0 aromatic heterocycles. The van der Waals surface area contributed by atoms with E-state index in [2.05, 4.69) is 33.0 Å². The Hall–Kier alpha value is -0.120. The number of hydrogen-bond donors (Lipinski definition) is 2. The van der Waals surface area contributed by atoms with E-state index in [0.717, 1.165) is 13.0 Å². The zero-order valence-corrected chi connectivity index (χ0v) is 10.3. The van der Waals surface area contributed by atoms with Crippen molar-refractivity contribution in [3.05, 3.63) is 0 Å². The fraction of sp³-hybridized carbons (Fsp3) is 1.00. The van der Waals surface area contributed by atoms with Crippen LogP contribution in [0.5, 0.6) is 0 Å². The van der Waals surface area contributed by atoms with Crippen molar-refractivity contribution < 1.29 is 4.74 Å². The Balaban J connectivity index is 3.71. The molecule has 3 N–H and O–H groups in total. The largest absolute Gasteiger partial charge is 0.379 e.